The van der Waals surface area contributed by atoms with Crippen LogP contribution in [0, 0.1) is 5.41 Å². The quantitative estimate of drug-likeness (QED) is 0.576. The van der Waals surface area contributed by atoms with E-state index in [0.717, 1.165) is 19.6 Å². The number of ether oxygens (including phenoxy) is 1. The highest BCUT2D eigenvalue weighted by atomic mass is 16.5. The fourth-order valence-corrected chi connectivity index (χ4v) is 3.40. The van der Waals surface area contributed by atoms with E-state index in [1.807, 2.05) is 0 Å². The van der Waals surface area contributed by atoms with E-state index in [1.54, 1.807) is 0 Å². The lowest BCUT2D eigenvalue weighted by atomic mass is 10.1. The Morgan fingerprint density at radius 3 is 2.88 bits per heavy atom. The van der Waals surface area contributed by atoms with Crippen LogP contribution in [0.25, 0.3) is 0 Å². The van der Waals surface area contributed by atoms with Gasteiger partial charge in [-0.1, -0.05) is 12.8 Å². The number of rotatable bonds is 3. The van der Waals surface area contributed by atoms with Crippen molar-refractivity contribution in [3.05, 3.63) is 0 Å². The van der Waals surface area contributed by atoms with E-state index in [1.165, 1.54) is 38.5 Å². The molecule has 3 N–H and O–H groups in total. The Morgan fingerprint density at radius 1 is 1.35 bits per heavy atom. The molecule has 1 spiro atoms. The third-order valence-electron chi connectivity index (χ3n) is 4.60. The van der Waals surface area contributed by atoms with Crippen LogP contribution in [-0.2, 0) is 4.74 Å². The van der Waals surface area contributed by atoms with Crippen molar-refractivity contribution in [1.82, 2.24) is 5.32 Å². The van der Waals surface area contributed by atoms with E-state index in [-0.39, 0.29) is 0 Å². The molecule has 2 unspecified atom stereocenters. The van der Waals surface area contributed by atoms with Crippen molar-refractivity contribution in [2.45, 2.75) is 57.1 Å². The van der Waals surface area contributed by atoms with Crippen LogP contribution in [0.2, 0.25) is 0 Å². The summed E-state index contributed by atoms with van der Waals surface area (Å²) in [7, 11) is 0. The van der Waals surface area contributed by atoms with E-state index in [4.69, 9.17) is 10.5 Å². The van der Waals surface area contributed by atoms with Crippen molar-refractivity contribution in [3.63, 3.8) is 0 Å². The van der Waals surface area contributed by atoms with Gasteiger partial charge in [0.1, 0.15) is 0 Å². The summed E-state index contributed by atoms with van der Waals surface area (Å²) in [4.78, 5) is 4.40. The lowest BCUT2D eigenvalue weighted by Crippen LogP contribution is -2.36. The maximum Gasteiger partial charge on any atom is 0.188 e. The molecule has 17 heavy (non-hydrogen) atoms. The van der Waals surface area contributed by atoms with Gasteiger partial charge in [-0.25, -0.2) is 0 Å². The molecule has 3 rings (SSSR count). The second kappa shape index (κ2) is 4.48. The van der Waals surface area contributed by atoms with Gasteiger partial charge in [-0.15, -0.1) is 0 Å². The lowest BCUT2D eigenvalue weighted by molar-refractivity contribution is 0.117. The normalized spacial score (nSPS) is 35.4. The molecule has 2 aliphatic carbocycles. The van der Waals surface area contributed by atoms with Gasteiger partial charge in [0.05, 0.1) is 12.6 Å². The minimum atomic E-state index is 0.301. The Kier molecular flexibility index (Phi) is 2.99. The highest BCUT2D eigenvalue weighted by Crippen LogP contribution is 2.57. The third kappa shape index (κ3) is 2.41. The number of nitrogens with two attached hydrogens (primary N) is 1. The smallest absolute Gasteiger partial charge is 0.188 e. The van der Waals surface area contributed by atoms with Crippen molar-refractivity contribution in [2.75, 3.05) is 13.2 Å². The fraction of sp³-hybridized carbons (Fsp3) is 0.923. The van der Waals surface area contributed by atoms with Gasteiger partial charge in [0.2, 0.25) is 0 Å². The molecule has 1 aliphatic heterocycles. The molecule has 0 aromatic carbocycles. The third-order valence-corrected chi connectivity index (χ3v) is 4.60. The van der Waals surface area contributed by atoms with Crippen LogP contribution in [-0.4, -0.2) is 31.3 Å². The van der Waals surface area contributed by atoms with Crippen molar-refractivity contribution < 1.29 is 4.74 Å². The summed E-state index contributed by atoms with van der Waals surface area (Å²) in [6.45, 7) is 1.61. The second-order valence-electron chi connectivity index (χ2n) is 5.83. The first kappa shape index (κ1) is 11.3. The van der Waals surface area contributed by atoms with E-state index >= 15 is 0 Å². The number of guanidine groups is 1. The highest BCUT2D eigenvalue weighted by molar-refractivity contribution is 5.78. The standard InChI is InChI=1S/C13H23N3O/c14-12(15-9-10-4-3-7-17-10)16-11-8-13(11)5-1-2-6-13/h10-11H,1-9H2,(H3,14,15,16). The molecule has 4 heteroatoms. The SMILES string of the molecule is NC(=NCC1CCCO1)NC1CC12CCCC2. The molecule has 1 heterocycles. The predicted molar refractivity (Wildman–Crippen MR) is 67.9 cm³/mol. The van der Waals surface area contributed by atoms with Gasteiger partial charge in [-0.2, -0.15) is 0 Å². The molecule has 3 fully saturated rings. The molecular weight excluding hydrogens is 214 g/mol. The maximum atomic E-state index is 5.93. The number of nitrogens with one attached hydrogen (secondary N) is 1. The molecule has 0 bridgehead atoms. The van der Waals surface area contributed by atoms with Gasteiger partial charge in [0, 0.05) is 12.6 Å². The lowest BCUT2D eigenvalue weighted by Gasteiger charge is -2.11. The summed E-state index contributed by atoms with van der Waals surface area (Å²) in [5.41, 5.74) is 6.51. The Morgan fingerprint density at radius 2 is 2.18 bits per heavy atom. The van der Waals surface area contributed by atoms with Crippen LogP contribution in [0.15, 0.2) is 4.99 Å². The number of hydrogen-bond acceptors (Lipinski definition) is 2. The first-order valence-electron chi connectivity index (χ1n) is 6.97. The summed E-state index contributed by atoms with van der Waals surface area (Å²) < 4.78 is 5.53. The average molecular weight is 237 g/mol. The molecule has 0 aromatic rings. The second-order valence-corrected chi connectivity index (χ2v) is 5.83. The first-order chi connectivity index (χ1) is 8.28. The zero-order valence-electron chi connectivity index (χ0n) is 10.5. The molecule has 3 aliphatic rings. The molecule has 2 saturated carbocycles. The van der Waals surface area contributed by atoms with Crippen LogP contribution in [0.1, 0.15) is 44.9 Å². The molecular formula is C13H23N3O. The molecule has 0 radical (unpaired) electrons. The maximum absolute atomic E-state index is 5.93. The molecule has 1 saturated heterocycles. The van der Waals surface area contributed by atoms with Gasteiger partial charge >= 0.3 is 0 Å². The first-order valence-corrected chi connectivity index (χ1v) is 6.97. The van der Waals surface area contributed by atoms with Crippen molar-refractivity contribution in [3.8, 4) is 0 Å². The minimum absolute atomic E-state index is 0.301. The Bertz CT molecular complexity index is 304. The Hall–Kier alpha value is -0.770. The molecule has 2 atom stereocenters. The topological polar surface area (TPSA) is 59.6 Å². The van der Waals surface area contributed by atoms with E-state index in [2.05, 4.69) is 10.3 Å². The largest absolute Gasteiger partial charge is 0.376 e. The summed E-state index contributed by atoms with van der Waals surface area (Å²) in [6, 6.07) is 0.596. The van der Waals surface area contributed by atoms with Crippen molar-refractivity contribution >= 4 is 5.96 Å². The fourth-order valence-electron chi connectivity index (χ4n) is 3.40. The van der Waals surface area contributed by atoms with Crippen LogP contribution in [0.3, 0.4) is 0 Å². The van der Waals surface area contributed by atoms with E-state index < -0.39 is 0 Å². The molecule has 96 valence electrons. The van der Waals surface area contributed by atoms with E-state index in [0.29, 0.717) is 23.5 Å². The average Bonchev–Trinajstić information content (AvgIpc) is 2.79. The minimum Gasteiger partial charge on any atom is -0.376 e. The van der Waals surface area contributed by atoms with Gasteiger partial charge in [-0.05, 0) is 37.5 Å². The van der Waals surface area contributed by atoms with Crippen LogP contribution in [0.5, 0.6) is 0 Å². The summed E-state index contributed by atoms with van der Waals surface area (Å²) in [5.74, 6) is 0.620. The monoisotopic (exact) mass is 237 g/mol. The Labute approximate surface area is 103 Å². The molecule has 0 aromatic heterocycles. The number of hydrogen-bond donors (Lipinski definition) is 2. The van der Waals surface area contributed by atoms with Gasteiger partial charge in [-0.3, -0.25) is 4.99 Å². The highest BCUT2D eigenvalue weighted by Gasteiger charge is 2.55. The predicted octanol–water partition coefficient (Wildman–Crippen LogP) is 1.40. The number of nitrogens with zero attached hydrogens (tertiary/aromatic N) is 1. The zero-order chi connectivity index (χ0) is 11.7. The van der Waals surface area contributed by atoms with E-state index in [9.17, 15) is 0 Å². The van der Waals surface area contributed by atoms with Crippen LogP contribution in [0.4, 0.5) is 0 Å². The van der Waals surface area contributed by atoms with Crippen molar-refractivity contribution in [2.24, 2.45) is 16.1 Å². The van der Waals surface area contributed by atoms with Crippen LogP contribution >= 0.6 is 0 Å². The van der Waals surface area contributed by atoms with Crippen LogP contribution < -0.4 is 11.1 Å². The summed E-state index contributed by atoms with van der Waals surface area (Å²) >= 11 is 0. The zero-order valence-corrected chi connectivity index (χ0v) is 10.5. The summed E-state index contributed by atoms with van der Waals surface area (Å²) in [5, 5.41) is 3.38. The van der Waals surface area contributed by atoms with Gasteiger partial charge < -0.3 is 15.8 Å². The van der Waals surface area contributed by atoms with Crippen molar-refractivity contribution in [1.29, 1.82) is 0 Å². The molecule has 4 nitrogen and oxygen atoms in total. The Balaban J connectivity index is 1.44. The summed E-state index contributed by atoms with van der Waals surface area (Å²) in [6.07, 6.45) is 9.44. The number of aliphatic imine (C=N–C) groups is 1. The van der Waals surface area contributed by atoms with Gasteiger partial charge in [0.15, 0.2) is 5.96 Å². The molecule has 0 amide bonds. The van der Waals surface area contributed by atoms with Gasteiger partial charge in [0.25, 0.3) is 0 Å².